The number of nitrogens with zero attached hydrogens (tertiary/aromatic N) is 1. The van der Waals surface area contributed by atoms with E-state index in [0.717, 1.165) is 19.6 Å². The summed E-state index contributed by atoms with van der Waals surface area (Å²) in [7, 11) is 0. The first kappa shape index (κ1) is 13.7. The Labute approximate surface area is 110 Å². The second-order valence-corrected chi connectivity index (χ2v) is 6.76. The van der Waals surface area contributed by atoms with E-state index >= 15 is 0 Å². The zero-order valence-corrected chi connectivity index (χ0v) is 12.0. The third kappa shape index (κ3) is 4.16. The maximum absolute atomic E-state index is 12.3. The molecule has 2 rings (SSSR count). The van der Waals surface area contributed by atoms with Gasteiger partial charge in [0.1, 0.15) is 0 Å². The maximum Gasteiger partial charge on any atom is 0.318 e. The van der Waals surface area contributed by atoms with E-state index in [9.17, 15) is 4.79 Å². The van der Waals surface area contributed by atoms with Gasteiger partial charge in [0.15, 0.2) is 0 Å². The number of carbonyl (C=O) groups is 1. The first-order valence-electron chi connectivity index (χ1n) is 7.25. The Hall–Kier alpha value is -0.770. The number of urea groups is 1. The quantitative estimate of drug-likeness (QED) is 0.807. The fourth-order valence-electron chi connectivity index (χ4n) is 2.52. The molecule has 1 heterocycles. The zero-order valence-electron chi connectivity index (χ0n) is 12.0. The van der Waals surface area contributed by atoms with Crippen molar-refractivity contribution >= 4 is 6.03 Å². The Morgan fingerprint density at radius 1 is 1.22 bits per heavy atom. The first-order chi connectivity index (χ1) is 8.46. The molecule has 18 heavy (non-hydrogen) atoms. The molecule has 104 valence electrons. The lowest BCUT2D eigenvalue weighted by molar-refractivity contribution is 0.168. The molecular weight excluding hydrogens is 226 g/mol. The predicted molar refractivity (Wildman–Crippen MR) is 73.6 cm³/mol. The molecule has 0 atom stereocenters. The summed E-state index contributed by atoms with van der Waals surface area (Å²) in [4.78, 5) is 14.4. The smallest absolute Gasteiger partial charge is 0.318 e. The molecule has 0 radical (unpaired) electrons. The van der Waals surface area contributed by atoms with Crippen molar-refractivity contribution in [1.29, 1.82) is 0 Å². The zero-order chi connectivity index (χ0) is 13.2. The summed E-state index contributed by atoms with van der Waals surface area (Å²) in [5.41, 5.74) is -0.141. The minimum Gasteiger partial charge on any atom is -0.333 e. The van der Waals surface area contributed by atoms with Crippen LogP contribution in [-0.4, -0.2) is 42.1 Å². The van der Waals surface area contributed by atoms with Gasteiger partial charge in [-0.2, -0.15) is 0 Å². The lowest BCUT2D eigenvalue weighted by Gasteiger charge is -2.32. The summed E-state index contributed by atoms with van der Waals surface area (Å²) in [6, 6.07) is 0.630. The Morgan fingerprint density at radius 2 is 1.83 bits per heavy atom. The second-order valence-electron chi connectivity index (χ2n) is 6.76. The molecule has 0 unspecified atom stereocenters. The summed E-state index contributed by atoms with van der Waals surface area (Å²) in [6.07, 6.45) is 4.77. The summed E-state index contributed by atoms with van der Waals surface area (Å²) in [6.45, 7) is 9.27. The number of hydrogen-bond acceptors (Lipinski definition) is 2. The van der Waals surface area contributed by atoms with Gasteiger partial charge >= 0.3 is 6.03 Å². The van der Waals surface area contributed by atoms with Crippen LogP contribution in [0.3, 0.4) is 0 Å². The van der Waals surface area contributed by atoms with Crippen LogP contribution in [-0.2, 0) is 0 Å². The number of nitrogens with one attached hydrogen (secondary N) is 2. The van der Waals surface area contributed by atoms with Crippen LogP contribution in [0.4, 0.5) is 4.79 Å². The van der Waals surface area contributed by atoms with Gasteiger partial charge < -0.3 is 15.5 Å². The van der Waals surface area contributed by atoms with Crippen molar-refractivity contribution in [3.63, 3.8) is 0 Å². The molecule has 2 aliphatic rings. The fraction of sp³-hybridized carbons (Fsp3) is 0.929. The monoisotopic (exact) mass is 253 g/mol. The predicted octanol–water partition coefficient (Wildman–Crippen LogP) is 1.96. The standard InChI is InChI=1S/C14H27N3O/c1-14(2,3)16-13(18)17(12-4-5-12)10-11-6-8-15-9-7-11/h11-12,15H,4-10H2,1-3H3,(H,16,18). The summed E-state index contributed by atoms with van der Waals surface area (Å²) < 4.78 is 0. The van der Waals surface area contributed by atoms with Gasteiger partial charge in [-0.15, -0.1) is 0 Å². The molecule has 1 saturated heterocycles. The average Bonchev–Trinajstić information content (AvgIpc) is 3.08. The number of amides is 2. The highest BCUT2D eigenvalue weighted by atomic mass is 16.2. The third-order valence-corrected chi connectivity index (χ3v) is 3.64. The average molecular weight is 253 g/mol. The van der Waals surface area contributed by atoms with Gasteiger partial charge in [-0.25, -0.2) is 4.79 Å². The Bertz CT molecular complexity index is 288. The van der Waals surface area contributed by atoms with Crippen molar-refractivity contribution in [2.75, 3.05) is 19.6 Å². The van der Waals surface area contributed by atoms with Crippen molar-refractivity contribution < 1.29 is 4.79 Å². The lowest BCUT2D eigenvalue weighted by atomic mass is 9.97. The highest BCUT2D eigenvalue weighted by molar-refractivity contribution is 5.75. The number of piperidine rings is 1. The van der Waals surface area contributed by atoms with Gasteiger partial charge in [0.25, 0.3) is 0 Å². The second kappa shape index (κ2) is 5.47. The van der Waals surface area contributed by atoms with Crippen LogP contribution in [0, 0.1) is 5.92 Å². The maximum atomic E-state index is 12.3. The van der Waals surface area contributed by atoms with E-state index < -0.39 is 0 Å². The molecule has 0 aromatic rings. The van der Waals surface area contributed by atoms with E-state index in [4.69, 9.17) is 0 Å². The summed E-state index contributed by atoms with van der Waals surface area (Å²) in [5.74, 6) is 0.678. The molecule has 0 bridgehead atoms. The molecule has 2 fully saturated rings. The van der Waals surface area contributed by atoms with Gasteiger partial charge in [0.2, 0.25) is 0 Å². The molecule has 1 aliphatic heterocycles. The largest absolute Gasteiger partial charge is 0.333 e. The lowest BCUT2D eigenvalue weighted by Crippen LogP contribution is -2.51. The van der Waals surface area contributed by atoms with Gasteiger partial charge in [0.05, 0.1) is 0 Å². The SMILES string of the molecule is CC(C)(C)NC(=O)N(CC1CCNCC1)C1CC1. The van der Waals surface area contributed by atoms with Crippen molar-refractivity contribution in [2.24, 2.45) is 5.92 Å². The molecular formula is C14H27N3O. The minimum absolute atomic E-state index is 0.128. The molecule has 1 aliphatic carbocycles. The summed E-state index contributed by atoms with van der Waals surface area (Å²) in [5, 5.41) is 6.48. The Balaban J connectivity index is 1.88. The van der Waals surface area contributed by atoms with E-state index in [-0.39, 0.29) is 11.6 Å². The van der Waals surface area contributed by atoms with Crippen LogP contribution in [0.25, 0.3) is 0 Å². The number of carbonyl (C=O) groups excluding carboxylic acids is 1. The number of hydrogen-bond donors (Lipinski definition) is 2. The molecule has 4 heteroatoms. The van der Waals surface area contributed by atoms with Gasteiger partial charge in [-0.1, -0.05) is 0 Å². The molecule has 2 N–H and O–H groups in total. The highest BCUT2D eigenvalue weighted by Gasteiger charge is 2.35. The van der Waals surface area contributed by atoms with E-state index in [2.05, 4.69) is 15.5 Å². The van der Waals surface area contributed by atoms with Crippen LogP contribution >= 0.6 is 0 Å². The topological polar surface area (TPSA) is 44.4 Å². The van der Waals surface area contributed by atoms with E-state index in [1.807, 2.05) is 20.8 Å². The Kier molecular flexibility index (Phi) is 4.15. The van der Waals surface area contributed by atoms with Crippen LogP contribution in [0.5, 0.6) is 0 Å². The van der Waals surface area contributed by atoms with Crippen molar-refractivity contribution in [3.8, 4) is 0 Å². The van der Waals surface area contributed by atoms with E-state index in [0.29, 0.717) is 12.0 Å². The minimum atomic E-state index is -0.141. The normalized spacial score (nSPS) is 21.7. The molecule has 0 aromatic carbocycles. The van der Waals surface area contributed by atoms with E-state index in [1.165, 1.54) is 25.7 Å². The molecule has 4 nitrogen and oxygen atoms in total. The van der Waals surface area contributed by atoms with Crippen molar-refractivity contribution in [1.82, 2.24) is 15.5 Å². The highest BCUT2D eigenvalue weighted by Crippen LogP contribution is 2.29. The summed E-state index contributed by atoms with van der Waals surface area (Å²) >= 11 is 0. The Morgan fingerprint density at radius 3 is 2.33 bits per heavy atom. The molecule has 2 amide bonds. The molecule has 0 aromatic heterocycles. The number of rotatable bonds is 3. The van der Waals surface area contributed by atoms with Crippen molar-refractivity contribution in [3.05, 3.63) is 0 Å². The third-order valence-electron chi connectivity index (χ3n) is 3.64. The van der Waals surface area contributed by atoms with Crippen molar-refractivity contribution in [2.45, 2.75) is 58.0 Å². The van der Waals surface area contributed by atoms with Gasteiger partial charge in [-0.05, 0) is 65.5 Å². The molecule has 1 saturated carbocycles. The van der Waals surface area contributed by atoms with Crippen LogP contribution in [0.2, 0.25) is 0 Å². The van der Waals surface area contributed by atoms with Gasteiger partial charge in [-0.3, -0.25) is 0 Å². The first-order valence-corrected chi connectivity index (χ1v) is 7.25. The fourth-order valence-corrected chi connectivity index (χ4v) is 2.52. The van der Waals surface area contributed by atoms with Crippen LogP contribution in [0.15, 0.2) is 0 Å². The molecule has 0 spiro atoms. The van der Waals surface area contributed by atoms with Crippen LogP contribution < -0.4 is 10.6 Å². The van der Waals surface area contributed by atoms with Crippen LogP contribution in [0.1, 0.15) is 46.5 Å². The van der Waals surface area contributed by atoms with E-state index in [1.54, 1.807) is 0 Å². The van der Waals surface area contributed by atoms with Gasteiger partial charge in [0, 0.05) is 18.1 Å².